The predicted molar refractivity (Wildman–Crippen MR) is 59.7 cm³/mol. The van der Waals surface area contributed by atoms with Gasteiger partial charge in [-0.2, -0.15) is 9.65 Å². The highest BCUT2D eigenvalue weighted by Crippen LogP contribution is 2.21. The van der Waals surface area contributed by atoms with Gasteiger partial charge < -0.3 is 9.47 Å². The van der Waals surface area contributed by atoms with E-state index in [4.69, 9.17) is 26.3 Å². The van der Waals surface area contributed by atoms with Crippen LogP contribution in [0.3, 0.4) is 0 Å². The number of nitriles is 1. The first-order chi connectivity index (χ1) is 7.67. The summed E-state index contributed by atoms with van der Waals surface area (Å²) in [5, 5.41) is 7.97. The molecule has 0 radical (unpaired) electrons. The lowest BCUT2D eigenvalue weighted by molar-refractivity contribution is 0.106. The Morgan fingerprint density at radius 2 is 2.25 bits per heavy atom. The summed E-state index contributed by atoms with van der Waals surface area (Å²) >= 11 is 5.50. The number of hydrogen-bond acceptors (Lipinski definition) is 4. The summed E-state index contributed by atoms with van der Waals surface area (Å²) in [7, 11) is 1.49. The Labute approximate surface area is 98.6 Å². The smallest absolute Gasteiger partial charge is 0.251 e. The molecule has 0 N–H and O–H groups in total. The van der Waals surface area contributed by atoms with E-state index in [1.165, 1.54) is 13.3 Å². The van der Waals surface area contributed by atoms with Crippen LogP contribution in [0.2, 0.25) is 0 Å². The van der Waals surface area contributed by atoms with Crippen LogP contribution in [0.25, 0.3) is 0 Å². The number of ether oxygens (including phenoxy) is 2. The van der Waals surface area contributed by atoms with E-state index in [0.717, 1.165) is 6.08 Å². The minimum absolute atomic E-state index is 0.146. The van der Waals surface area contributed by atoms with E-state index in [0.29, 0.717) is 6.61 Å². The molecule has 0 saturated carbocycles. The molecule has 0 heterocycles. The molecule has 16 heavy (non-hydrogen) atoms. The van der Waals surface area contributed by atoms with Gasteiger partial charge in [0.25, 0.3) is 5.88 Å². The van der Waals surface area contributed by atoms with Crippen LogP contribution in [0, 0.1) is 11.3 Å². The Morgan fingerprint density at radius 3 is 2.75 bits per heavy atom. The maximum absolute atomic E-state index is 13.5. The van der Waals surface area contributed by atoms with E-state index in [2.05, 4.69) is 4.99 Å². The zero-order valence-electron chi connectivity index (χ0n) is 9.04. The third-order valence-corrected chi connectivity index (χ3v) is 1.64. The highest BCUT2D eigenvalue weighted by Gasteiger charge is 2.10. The Kier molecular flexibility index (Phi) is 8.12. The lowest BCUT2D eigenvalue weighted by atomic mass is 10.4. The monoisotopic (exact) mass is 246 g/mol. The number of rotatable bonds is 6. The molecule has 0 aromatic carbocycles. The first kappa shape index (κ1) is 14.6. The summed E-state index contributed by atoms with van der Waals surface area (Å²) in [6.45, 7) is 2.05. The first-order valence-electron chi connectivity index (χ1n) is 4.43. The highest BCUT2D eigenvalue weighted by molar-refractivity contribution is 6.31. The standard InChI is InChI=1S/C10H12ClFN2O2/c1-3-14-10(16-7-6-15-2)9(12)8(11)4-5-13/h3-4H,6-7H2,1-2H3/b8-4-,10-9-,14-3?. The quantitative estimate of drug-likeness (QED) is 0.238. The second-order valence-electron chi connectivity index (χ2n) is 2.47. The van der Waals surface area contributed by atoms with Crippen molar-refractivity contribution in [3.8, 4) is 6.07 Å². The minimum Gasteiger partial charge on any atom is -0.473 e. The van der Waals surface area contributed by atoms with Crippen molar-refractivity contribution in [1.82, 2.24) is 0 Å². The van der Waals surface area contributed by atoms with Crippen LogP contribution in [0.1, 0.15) is 6.92 Å². The van der Waals surface area contributed by atoms with E-state index < -0.39 is 5.83 Å². The van der Waals surface area contributed by atoms with Gasteiger partial charge in [0.1, 0.15) is 6.61 Å². The van der Waals surface area contributed by atoms with Crippen LogP contribution in [-0.2, 0) is 9.47 Å². The van der Waals surface area contributed by atoms with E-state index in [1.807, 2.05) is 0 Å². The van der Waals surface area contributed by atoms with Crippen molar-refractivity contribution >= 4 is 17.8 Å². The van der Waals surface area contributed by atoms with E-state index >= 15 is 0 Å². The van der Waals surface area contributed by atoms with Gasteiger partial charge in [0.05, 0.1) is 17.7 Å². The minimum atomic E-state index is -0.877. The molecule has 6 heteroatoms. The van der Waals surface area contributed by atoms with Gasteiger partial charge in [0, 0.05) is 19.4 Å². The van der Waals surface area contributed by atoms with E-state index in [1.54, 1.807) is 13.0 Å². The topological polar surface area (TPSA) is 54.6 Å². The number of allylic oxidation sites excluding steroid dienone is 3. The Hall–Kier alpha value is -1.38. The summed E-state index contributed by atoms with van der Waals surface area (Å²) in [4.78, 5) is 3.67. The maximum Gasteiger partial charge on any atom is 0.251 e. The molecule has 0 fully saturated rings. The van der Waals surface area contributed by atoms with Crippen molar-refractivity contribution in [3.63, 3.8) is 0 Å². The fraction of sp³-hybridized carbons (Fsp3) is 0.400. The third-order valence-electron chi connectivity index (χ3n) is 1.36. The molecule has 0 amide bonds. The van der Waals surface area contributed by atoms with Gasteiger partial charge in [-0.15, -0.1) is 0 Å². The van der Waals surface area contributed by atoms with Gasteiger partial charge in [-0.1, -0.05) is 11.6 Å². The molecule has 0 bridgehead atoms. The highest BCUT2D eigenvalue weighted by atomic mass is 35.5. The number of aliphatic imine (C=N–C) groups is 1. The van der Waals surface area contributed by atoms with Gasteiger partial charge in [-0.05, 0) is 6.92 Å². The molecule has 0 spiro atoms. The van der Waals surface area contributed by atoms with Crippen molar-refractivity contribution in [2.75, 3.05) is 20.3 Å². The second-order valence-corrected chi connectivity index (χ2v) is 2.88. The van der Waals surface area contributed by atoms with Gasteiger partial charge in [0.15, 0.2) is 0 Å². The lowest BCUT2D eigenvalue weighted by Gasteiger charge is -2.06. The van der Waals surface area contributed by atoms with Crippen molar-refractivity contribution in [3.05, 3.63) is 22.8 Å². The fourth-order valence-electron chi connectivity index (χ4n) is 0.718. The molecule has 0 aromatic heterocycles. The Morgan fingerprint density at radius 1 is 1.56 bits per heavy atom. The third kappa shape index (κ3) is 5.49. The van der Waals surface area contributed by atoms with Crippen LogP contribution in [0.4, 0.5) is 4.39 Å². The molecule has 0 atom stereocenters. The molecule has 0 aliphatic carbocycles. The van der Waals surface area contributed by atoms with Crippen LogP contribution < -0.4 is 0 Å². The zero-order chi connectivity index (χ0) is 12.4. The maximum atomic E-state index is 13.5. The second kappa shape index (κ2) is 8.89. The van der Waals surface area contributed by atoms with Crippen LogP contribution in [0.15, 0.2) is 27.8 Å². The molecule has 0 aliphatic heterocycles. The number of nitrogens with zero attached hydrogens (tertiary/aromatic N) is 2. The van der Waals surface area contributed by atoms with Gasteiger partial charge in [-0.25, -0.2) is 4.99 Å². The number of hydrogen-bond donors (Lipinski definition) is 0. The van der Waals surface area contributed by atoms with Crippen LogP contribution in [-0.4, -0.2) is 26.5 Å². The van der Waals surface area contributed by atoms with Crippen molar-refractivity contribution < 1.29 is 13.9 Å². The molecule has 0 aromatic rings. The summed E-state index contributed by atoms with van der Waals surface area (Å²) < 4.78 is 23.2. The zero-order valence-corrected chi connectivity index (χ0v) is 9.79. The van der Waals surface area contributed by atoms with Gasteiger partial charge in [-0.3, -0.25) is 0 Å². The molecule has 0 saturated heterocycles. The number of methoxy groups -OCH3 is 1. The van der Waals surface area contributed by atoms with Gasteiger partial charge >= 0.3 is 0 Å². The lowest BCUT2D eigenvalue weighted by Crippen LogP contribution is -2.02. The van der Waals surface area contributed by atoms with Crippen LogP contribution in [0.5, 0.6) is 0 Å². The molecule has 0 unspecified atom stereocenters. The van der Waals surface area contributed by atoms with Crippen molar-refractivity contribution in [2.24, 2.45) is 4.99 Å². The number of halogens is 2. The predicted octanol–water partition coefficient (Wildman–Crippen LogP) is 2.52. The normalized spacial score (nSPS) is 13.6. The molecule has 0 rings (SSSR count). The van der Waals surface area contributed by atoms with Gasteiger partial charge in [0.2, 0.25) is 5.83 Å². The summed E-state index contributed by atoms with van der Waals surface area (Å²) in [5.74, 6) is -1.14. The summed E-state index contributed by atoms with van der Waals surface area (Å²) in [6.07, 6.45) is 2.22. The molecule has 4 nitrogen and oxygen atoms in total. The Bertz CT molecular complexity index is 345. The largest absolute Gasteiger partial charge is 0.473 e. The van der Waals surface area contributed by atoms with Crippen LogP contribution >= 0.6 is 11.6 Å². The van der Waals surface area contributed by atoms with E-state index in [9.17, 15) is 4.39 Å². The SMILES string of the molecule is CC=N/C(OCCOC)=C(F)\C(Cl)=C\C#N. The molecular weight excluding hydrogens is 235 g/mol. The summed E-state index contributed by atoms with van der Waals surface area (Å²) in [5.41, 5.74) is 0. The first-order valence-corrected chi connectivity index (χ1v) is 4.81. The summed E-state index contributed by atoms with van der Waals surface area (Å²) in [6, 6.07) is 1.61. The molecule has 0 aliphatic rings. The van der Waals surface area contributed by atoms with E-state index in [-0.39, 0.29) is 17.5 Å². The molecular formula is C10H12ClFN2O2. The van der Waals surface area contributed by atoms with Crippen molar-refractivity contribution in [2.45, 2.75) is 6.92 Å². The molecule has 88 valence electrons. The Balaban J connectivity index is 4.79. The average Bonchev–Trinajstić information content (AvgIpc) is 2.27. The fourth-order valence-corrected chi connectivity index (χ4v) is 0.848. The average molecular weight is 247 g/mol. The van der Waals surface area contributed by atoms with Crippen molar-refractivity contribution in [1.29, 1.82) is 5.26 Å².